The fourth-order valence-electron chi connectivity index (χ4n) is 1.88. The van der Waals surface area contributed by atoms with Crippen molar-refractivity contribution in [2.24, 2.45) is 0 Å². The summed E-state index contributed by atoms with van der Waals surface area (Å²) in [6.45, 7) is 5.63. The van der Waals surface area contributed by atoms with Gasteiger partial charge in [-0.3, -0.25) is 10.1 Å². The zero-order valence-electron chi connectivity index (χ0n) is 13.6. The summed E-state index contributed by atoms with van der Waals surface area (Å²) in [6.07, 6.45) is -0.166. The van der Waals surface area contributed by atoms with Crippen molar-refractivity contribution in [3.63, 3.8) is 0 Å². The lowest BCUT2D eigenvalue weighted by Crippen LogP contribution is -2.35. The minimum atomic E-state index is -0.582. The summed E-state index contributed by atoms with van der Waals surface area (Å²) >= 11 is 0. The number of hydrogen-bond acceptors (Lipinski definition) is 5. The van der Waals surface area contributed by atoms with Crippen LogP contribution in [0.5, 0.6) is 5.75 Å². The monoisotopic (exact) mass is 310 g/mol. The van der Waals surface area contributed by atoms with E-state index in [4.69, 9.17) is 9.47 Å². The number of methoxy groups -OCH3 is 1. The van der Waals surface area contributed by atoms with Crippen molar-refractivity contribution in [1.29, 1.82) is 0 Å². The molecule has 0 fully saturated rings. The maximum atomic E-state index is 11.9. The summed E-state index contributed by atoms with van der Waals surface area (Å²) in [4.78, 5) is 23.9. The van der Waals surface area contributed by atoms with Gasteiger partial charge >= 0.3 is 6.09 Å². The Morgan fingerprint density at radius 3 is 2.50 bits per heavy atom. The SMILES string of the molecule is COc1cccc([N+](=O)[O-])c1CCN(C)C(=O)OC(C)(C)C. The van der Waals surface area contributed by atoms with Crippen LogP contribution in [0.4, 0.5) is 10.5 Å². The lowest BCUT2D eigenvalue weighted by Gasteiger charge is -2.24. The molecule has 0 spiro atoms. The van der Waals surface area contributed by atoms with E-state index in [1.807, 2.05) is 0 Å². The molecule has 0 unspecified atom stereocenters. The summed E-state index contributed by atoms with van der Waals surface area (Å²) in [5.74, 6) is 0.437. The lowest BCUT2D eigenvalue weighted by atomic mass is 10.1. The summed E-state index contributed by atoms with van der Waals surface area (Å²) < 4.78 is 10.4. The lowest BCUT2D eigenvalue weighted by molar-refractivity contribution is -0.385. The number of nitro benzene ring substituents is 1. The van der Waals surface area contributed by atoms with Gasteiger partial charge in [-0.15, -0.1) is 0 Å². The minimum absolute atomic E-state index is 0.0167. The Bertz CT molecular complexity index is 551. The number of likely N-dealkylation sites (N-methyl/N-ethyl adjacent to an activating group) is 1. The molecule has 0 heterocycles. The standard InChI is InChI=1S/C15H22N2O5/c1-15(2,3)22-14(18)16(4)10-9-11-12(17(19)20)7-6-8-13(11)21-5/h6-8H,9-10H2,1-5H3. The highest BCUT2D eigenvalue weighted by molar-refractivity contribution is 5.67. The third-order valence-electron chi connectivity index (χ3n) is 2.93. The van der Waals surface area contributed by atoms with Gasteiger partial charge in [0, 0.05) is 26.1 Å². The molecular weight excluding hydrogens is 288 g/mol. The number of nitrogens with zero attached hydrogens (tertiary/aromatic N) is 2. The highest BCUT2D eigenvalue weighted by atomic mass is 16.6. The summed E-state index contributed by atoms with van der Waals surface area (Å²) in [5, 5.41) is 11.1. The molecule has 1 aromatic rings. The van der Waals surface area contributed by atoms with Gasteiger partial charge in [0.2, 0.25) is 0 Å². The van der Waals surface area contributed by atoms with Crippen LogP contribution in [0.3, 0.4) is 0 Å². The van der Waals surface area contributed by atoms with Gasteiger partial charge in [0.05, 0.1) is 17.6 Å². The zero-order chi connectivity index (χ0) is 16.9. The third kappa shape index (κ3) is 4.91. The van der Waals surface area contributed by atoms with Gasteiger partial charge < -0.3 is 14.4 Å². The van der Waals surface area contributed by atoms with E-state index in [0.717, 1.165) is 0 Å². The Kier molecular flexibility index (Phi) is 5.73. The molecule has 0 aliphatic rings. The minimum Gasteiger partial charge on any atom is -0.496 e. The first kappa shape index (κ1) is 17.7. The molecule has 0 atom stereocenters. The van der Waals surface area contributed by atoms with Gasteiger partial charge in [0.25, 0.3) is 5.69 Å². The zero-order valence-corrected chi connectivity index (χ0v) is 13.6. The van der Waals surface area contributed by atoms with E-state index < -0.39 is 16.6 Å². The number of nitro groups is 1. The summed E-state index contributed by atoms with van der Waals surface area (Å²) in [7, 11) is 3.05. The number of carbonyl (C=O) groups is 1. The van der Waals surface area contributed by atoms with Gasteiger partial charge in [-0.2, -0.15) is 0 Å². The third-order valence-corrected chi connectivity index (χ3v) is 2.93. The fourth-order valence-corrected chi connectivity index (χ4v) is 1.88. The van der Waals surface area contributed by atoms with Crippen LogP contribution in [0.15, 0.2) is 18.2 Å². The first-order valence-electron chi connectivity index (χ1n) is 6.90. The van der Waals surface area contributed by atoms with E-state index in [-0.39, 0.29) is 12.2 Å². The molecule has 0 N–H and O–H groups in total. The van der Waals surface area contributed by atoms with Crippen LogP contribution in [0, 0.1) is 10.1 Å². The molecule has 7 heteroatoms. The molecular formula is C15H22N2O5. The van der Waals surface area contributed by atoms with E-state index in [2.05, 4.69) is 0 Å². The maximum absolute atomic E-state index is 11.9. The normalized spacial score (nSPS) is 11.0. The highest BCUT2D eigenvalue weighted by Gasteiger charge is 2.22. The second-order valence-corrected chi connectivity index (χ2v) is 5.87. The van der Waals surface area contributed by atoms with E-state index in [0.29, 0.717) is 17.7 Å². The van der Waals surface area contributed by atoms with Crippen molar-refractivity contribution in [2.75, 3.05) is 20.7 Å². The molecule has 0 aliphatic carbocycles. The predicted molar refractivity (Wildman–Crippen MR) is 82.2 cm³/mol. The molecule has 1 aromatic carbocycles. The predicted octanol–water partition coefficient (Wildman–Crippen LogP) is 3.01. The number of ether oxygens (including phenoxy) is 2. The summed E-state index contributed by atoms with van der Waals surface area (Å²) in [5.41, 5.74) is -0.135. The maximum Gasteiger partial charge on any atom is 0.410 e. The molecule has 22 heavy (non-hydrogen) atoms. The van der Waals surface area contributed by atoms with Gasteiger partial charge in [0.1, 0.15) is 11.4 Å². The fraction of sp³-hybridized carbons (Fsp3) is 0.533. The van der Waals surface area contributed by atoms with Crippen LogP contribution in [-0.2, 0) is 11.2 Å². The van der Waals surface area contributed by atoms with Gasteiger partial charge in [-0.1, -0.05) is 6.07 Å². The molecule has 122 valence electrons. The average molecular weight is 310 g/mol. The van der Waals surface area contributed by atoms with Crippen LogP contribution in [-0.4, -0.2) is 42.2 Å². The molecule has 1 rings (SSSR count). The molecule has 0 aromatic heterocycles. The average Bonchev–Trinajstić information content (AvgIpc) is 2.42. The Labute approximate surface area is 130 Å². The van der Waals surface area contributed by atoms with Crippen molar-refractivity contribution < 1.29 is 19.2 Å². The van der Waals surface area contributed by atoms with Crippen LogP contribution < -0.4 is 4.74 Å². The smallest absolute Gasteiger partial charge is 0.410 e. The Morgan fingerprint density at radius 2 is 2.00 bits per heavy atom. The van der Waals surface area contributed by atoms with Gasteiger partial charge in [-0.25, -0.2) is 4.79 Å². The van der Waals surface area contributed by atoms with Gasteiger partial charge in [-0.05, 0) is 26.8 Å². The van der Waals surface area contributed by atoms with E-state index in [9.17, 15) is 14.9 Å². The van der Waals surface area contributed by atoms with E-state index in [1.54, 1.807) is 40.0 Å². The highest BCUT2D eigenvalue weighted by Crippen LogP contribution is 2.28. The molecule has 7 nitrogen and oxygen atoms in total. The number of rotatable bonds is 5. The first-order chi connectivity index (χ1) is 10.2. The van der Waals surface area contributed by atoms with Crippen LogP contribution >= 0.6 is 0 Å². The Morgan fingerprint density at radius 1 is 1.36 bits per heavy atom. The largest absolute Gasteiger partial charge is 0.496 e. The van der Waals surface area contributed by atoms with Crippen LogP contribution in [0.2, 0.25) is 0 Å². The number of benzene rings is 1. The van der Waals surface area contributed by atoms with Crippen molar-refractivity contribution in [3.05, 3.63) is 33.9 Å². The first-order valence-corrected chi connectivity index (χ1v) is 6.90. The molecule has 0 radical (unpaired) electrons. The van der Waals surface area contributed by atoms with E-state index >= 15 is 0 Å². The van der Waals surface area contributed by atoms with Crippen molar-refractivity contribution in [1.82, 2.24) is 4.90 Å². The second-order valence-electron chi connectivity index (χ2n) is 5.87. The molecule has 0 bridgehead atoms. The Hall–Kier alpha value is -2.31. The molecule has 0 saturated heterocycles. The van der Waals surface area contributed by atoms with Crippen LogP contribution in [0.25, 0.3) is 0 Å². The van der Waals surface area contributed by atoms with Crippen molar-refractivity contribution in [3.8, 4) is 5.75 Å². The number of hydrogen-bond donors (Lipinski definition) is 0. The quantitative estimate of drug-likeness (QED) is 0.616. The molecule has 0 aliphatic heterocycles. The molecule has 0 saturated carbocycles. The Balaban J connectivity index is 2.83. The summed E-state index contributed by atoms with van der Waals surface area (Å²) in [6, 6.07) is 4.65. The molecule has 1 amide bonds. The number of carbonyl (C=O) groups excluding carboxylic acids is 1. The second kappa shape index (κ2) is 7.11. The van der Waals surface area contributed by atoms with Crippen LogP contribution in [0.1, 0.15) is 26.3 Å². The van der Waals surface area contributed by atoms with Crippen molar-refractivity contribution >= 4 is 11.8 Å². The van der Waals surface area contributed by atoms with Crippen molar-refractivity contribution in [2.45, 2.75) is 32.8 Å². The van der Waals surface area contributed by atoms with E-state index in [1.165, 1.54) is 18.1 Å². The van der Waals surface area contributed by atoms with Gasteiger partial charge in [0.15, 0.2) is 0 Å². The number of amides is 1. The topological polar surface area (TPSA) is 81.9 Å².